The summed E-state index contributed by atoms with van der Waals surface area (Å²) in [5, 5.41) is 3.50. The van der Waals surface area contributed by atoms with Crippen molar-refractivity contribution in [1.82, 2.24) is 9.97 Å². The summed E-state index contributed by atoms with van der Waals surface area (Å²) in [6, 6.07) is 11.8. The third kappa shape index (κ3) is 5.12. The summed E-state index contributed by atoms with van der Waals surface area (Å²) in [6.07, 6.45) is 7.16. The Labute approximate surface area is 150 Å². The van der Waals surface area contributed by atoms with Crippen LogP contribution in [0.25, 0.3) is 0 Å². The Kier molecular flexibility index (Phi) is 5.74. The summed E-state index contributed by atoms with van der Waals surface area (Å²) in [6.45, 7) is 0. The highest BCUT2D eigenvalue weighted by Crippen LogP contribution is 2.23. The van der Waals surface area contributed by atoms with Crippen LogP contribution in [0.15, 0.2) is 55.0 Å². The fourth-order valence-electron chi connectivity index (χ4n) is 2.42. The number of hydrogen-bond acceptors (Lipinski definition) is 5. The number of aryl methyl sites for hydroxylation is 1. The third-order valence-electron chi connectivity index (χ3n) is 3.68. The number of thiazole rings is 1. The summed E-state index contributed by atoms with van der Waals surface area (Å²) in [5.41, 5.74) is 2.20. The topological polar surface area (TPSA) is 64.1 Å². The molecule has 0 spiro atoms. The number of methoxy groups -OCH3 is 1. The zero-order valence-corrected chi connectivity index (χ0v) is 14.8. The zero-order chi connectivity index (χ0) is 17.5. The number of nitrogens with zero attached hydrogens (tertiary/aromatic N) is 2. The van der Waals surface area contributed by atoms with Crippen LogP contribution in [0, 0.1) is 0 Å². The minimum atomic E-state index is -0.0360. The first-order valence-electron chi connectivity index (χ1n) is 7.99. The second-order valence-electron chi connectivity index (χ2n) is 5.57. The summed E-state index contributed by atoms with van der Waals surface area (Å²) < 4.78 is 5.24. The molecule has 1 aromatic carbocycles. The van der Waals surface area contributed by atoms with E-state index in [-0.39, 0.29) is 5.91 Å². The maximum absolute atomic E-state index is 12.1. The summed E-state index contributed by atoms with van der Waals surface area (Å²) >= 11 is 1.49. The number of anilines is 1. The molecule has 0 fully saturated rings. The van der Waals surface area contributed by atoms with E-state index in [1.807, 2.05) is 36.4 Å². The molecule has 0 aliphatic carbocycles. The highest BCUT2D eigenvalue weighted by atomic mass is 32.1. The van der Waals surface area contributed by atoms with Crippen LogP contribution in [-0.4, -0.2) is 23.0 Å². The molecule has 0 radical (unpaired) electrons. The lowest BCUT2D eigenvalue weighted by atomic mass is 10.1. The Hall–Kier alpha value is -2.73. The number of carbonyl (C=O) groups excluding carboxylic acids is 1. The van der Waals surface area contributed by atoms with Gasteiger partial charge in [0, 0.05) is 36.3 Å². The largest absolute Gasteiger partial charge is 0.497 e. The second-order valence-corrected chi connectivity index (χ2v) is 6.68. The molecule has 2 heterocycles. The van der Waals surface area contributed by atoms with Gasteiger partial charge < -0.3 is 10.1 Å². The second kappa shape index (κ2) is 8.39. The monoisotopic (exact) mass is 353 g/mol. The van der Waals surface area contributed by atoms with Crippen LogP contribution >= 0.6 is 11.3 Å². The van der Waals surface area contributed by atoms with Crippen molar-refractivity contribution in [2.75, 3.05) is 12.4 Å². The van der Waals surface area contributed by atoms with Gasteiger partial charge in [0.25, 0.3) is 0 Å². The van der Waals surface area contributed by atoms with Crippen molar-refractivity contribution in [2.24, 2.45) is 0 Å². The lowest BCUT2D eigenvalue weighted by Gasteiger charge is -2.03. The van der Waals surface area contributed by atoms with E-state index in [9.17, 15) is 4.79 Å². The van der Waals surface area contributed by atoms with E-state index in [2.05, 4.69) is 15.3 Å². The Morgan fingerprint density at radius 2 is 2.08 bits per heavy atom. The average molecular weight is 353 g/mol. The first kappa shape index (κ1) is 17.1. The number of hydrogen-bond donors (Lipinski definition) is 1. The van der Waals surface area contributed by atoms with E-state index >= 15 is 0 Å². The number of pyridine rings is 1. The zero-order valence-electron chi connectivity index (χ0n) is 13.9. The van der Waals surface area contributed by atoms with Crippen molar-refractivity contribution in [2.45, 2.75) is 19.3 Å². The van der Waals surface area contributed by atoms with Crippen LogP contribution in [0.5, 0.6) is 5.75 Å². The molecule has 1 N–H and O–H groups in total. The minimum absolute atomic E-state index is 0.0360. The molecule has 0 saturated heterocycles. The predicted octanol–water partition coefficient (Wildman–Crippen LogP) is 3.71. The summed E-state index contributed by atoms with van der Waals surface area (Å²) in [7, 11) is 1.66. The van der Waals surface area contributed by atoms with Crippen LogP contribution in [0.4, 0.5) is 5.13 Å². The molecule has 0 aliphatic heterocycles. The van der Waals surface area contributed by atoms with Crippen molar-refractivity contribution in [3.05, 3.63) is 71.0 Å². The molecule has 6 heteroatoms. The number of nitrogens with one attached hydrogen (secondary N) is 1. The summed E-state index contributed by atoms with van der Waals surface area (Å²) in [4.78, 5) is 21.5. The Bertz CT molecular complexity index is 833. The van der Waals surface area contributed by atoms with Gasteiger partial charge in [0.15, 0.2) is 5.13 Å². The number of carbonyl (C=O) groups is 1. The maximum atomic E-state index is 12.1. The molecule has 0 bridgehead atoms. The molecule has 128 valence electrons. The first-order chi connectivity index (χ1) is 12.2. The average Bonchev–Trinajstić information content (AvgIpc) is 3.07. The maximum Gasteiger partial charge on any atom is 0.226 e. The van der Waals surface area contributed by atoms with Crippen molar-refractivity contribution in [1.29, 1.82) is 0 Å². The molecule has 3 rings (SSSR count). The molecule has 0 aliphatic rings. The van der Waals surface area contributed by atoms with Gasteiger partial charge in [0.1, 0.15) is 5.75 Å². The third-order valence-corrected chi connectivity index (χ3v) is 4.59. The van der Waals surface area contributed by atoms with Crippen LogP contribution in [0.2, 0.25) is 0 Å². The van der Waals surface area contributed by atoms with Gasteiger partial charge in [-0.2, -0.15) is 0 Å². The van der Waals surface area contributed by atoms with Gasteiger partial charge in [0.05, 0.1) is 7.11 Å². The van der Waals surface area contributed by atoms with E-state index < -0.39 is 0 Å². The quantitative estimate of drug-likeness (QED) is 0.703. The van der Waals surface area contributed by atoms with Crippen LogP contribution in [0.1, 0.15) is 22.4 Å². The lowest BCUT2D eigenvalue weighted by Crippen LogP contribution is -2.12. The van der Waals surface area contributed by atoms with E-state index in [1.165, 1.54) is 11.3 Å². The van der Waals surface area contributed by atoms with Crippen molar-refractivity contribution in [3.8, 4) is 5.75 Å². The predicted molar refractivity (Wildman–Crippen MR) is 99.1 cm³/mol. The van der Waals surface area contributed by atoms with E-state index in [4.69, 9.17) is 4.74 Å². The lowest BCUT2D eigenvalue weighted by molar-refractivity contribution is -0.116. The van der Waals surface area contributed by atoms with Crippen molar-refractivity contribution < 1.29 is 9.53 Å². The molecule has 0 saturated carbocycles. The SMILES string of the molecule is COc1cccc(Cc2cnc(NC(=O)CCc3cccnc3)s2)c1. The fourth-order valence-corrected chi connectivity index (χ4v) is 3.28. The number of amides is 1. The first-order valence-corrected chi connectivity index (χ1v) is 8.81. The van der Waals surface area contributed by atoms with Gasteiger partial charge in [-0.3, -0.25) is 9.78 Å². The highest BCUT2D eigenvalue weighted by molar-refractivity contribution is 7.15. The van der Waals surface area contributed by atoms with E-state index in [1.54, 1.807) is 25.7 Å². The molecule has 0 unspecified atom stereocenters. The molecule has 25 heavy (non-hydrogen) atoms. The molecule has 3 aromatic rings. The van der Waals surface area contributed by atoms with Gasteiger partial charge in [-0.25, -0.2) is 4.98 Å². The van der Waals surface area contributed by atoms with Gasteiger partial charge >= 0.3 is 0 Å². The molecule has 5 nitrogen and oxygen atoms in total. The van der Waals surface area contributed by atoms with Gasteiger partial charge in [0.2, 0.25) is 5.91 Å². The number of rotatable bonds is 7. The number of aromatic nitrogens is 2. The van der Waals surface area contributed by atoms with Gasteiger partial charge in [-0.05, 0) is 35.7 Å². The Balaban J connectivity index is 1.53. The fraction of sp³-hybridized carbons (Fsp3) is 0.211. The van der Waals surface area contributed by atoms with Crippen LogP contribution < -0.4 is 10.1 Å². The standard InChI is InChI=1S/C19H19N3O2S/c1-24-16-6-2-4-15(10-16)11-17-13-21-19(25-17)22-18(23)8-7-14-5-3-9-20-12-14/h2-6,9-10,12-13H,7-8,11H2,1H3,(H,21,22,23). The Morgan fingerprint density at radius 1 is 1.20 bits per heavy atom. The van der Waals surface area contributed by atoms with Gasteiger partial charge in [-0.1, -0.05) is 18.2 Å². The minimum Gasteiger partial charge on any atom is -0.497 e. The smallest absolute Gasteiger partial charge is 0.226 e. The van der Waals surface area contributed by atoms with E-state index in [0.717, 1.165) is 28.2 Å². The number of benzene rings is 1. The Morgan fingerprint density at radius 3 is 2.88 bits per heavy atom. The van der Waals surface area contributed by atoms with Crippen molar-refractivity contribution in [3.63, 3.8) is 0 Å². The normalized spacial score (nSPS) is 10.4. The van der Waals surface area contributed by atoms with E-state index in [0.29, 0.717) is 18.0 Å². The molecule has 2 aromatic heterocycles. The van der Waals surface area contributed by atoms with Crippen molar-refractivity contribution >= 4 is 22.4 Å². The highest BCUT2D eigenvalue weighted by Gasteiger charge is 2.08. The number of ether oxygens (including phenoxy) is 1. The summed E-state index contributed by atoms with van der Waals surface area (Å²) in [5.74, 6) is 0.803. The molecular formula is C19H19N3O2S. The molecular weight excluding hydrogens is 334 g/mol. The van der Waals surface area contributed by atoms with Crippen LogP contribution in [-0.2, 0) is 17.6 Å². The van der Waals surface area contributed by atoms with Gasteiger partial charge in [-0.15, -0.1) is 11.3 Å². The molecule has 1 amide bonds. The molecule has 0 atom stereocenters. The van der Waals surface area contributed by atoms with Crippen LogP contribution in [0.3, 0.4) is 0 Å².